The van der Waals surface area contributed by atoms with Gasteiger partial charge in [-0.3, -0.25) is 9.52 Å². The van der Waals surface area contributed by atoms with Crippen LogP contribution < -0.4 is 10.3 Å². The zero-order valence-corrected chi connectivity index (χ0v) is 12.0. The highest BCUT2D eigenvalue weighted by molar-refractivity contribution is 7.92. The lowest BCUT2D eigenvalue weighted by Gasteiger charge is -2.09. The van der Waals surface area contributed by atoms with Crippen molar-refractivity contribution in [2.75, 3.05) is 4.72 Å². The quantitative estimate of drug-likeness (QED) is 0.845. The van der Waals surface area contributed by atoms with Gasteiger partial charge in [0.1, 0.15) is 4.90 Å². The number of pyridine rings is 1. The molecule has 0 atom stereocenters. The summed E-state index contributed by atoms with van der Waals surface area (Å²) < 4.78 is 39.4. The van der Waals surface area contributed by atoms with Gasteiger partial charge < -0.3 is 4.98 Å². The fourth-order valence-corrected chi connectivity index (χ4v) is 2.89. The van der Waals surface area contributed by atoms with Gasteiger partial charge in [-0.05, 0) is 18.2 Å². The van der Waals surface area contributed by atoms with Gasteiger partial charge in [0.15, 0.2) is 5.82 Å². The second kappa shape index (κ2) is 5.43. The van der Waals surface area contributed by atoms with E-state index in [-0.39, 0.29) is 20.6 Å². The molecule has 0 radical (unpaired) electrons. The van der Waals surface area contributed by atoms with Crippen molar-refractivity contribution in [3.63, 3.8) is 0 Å². The summed E-state index contributed by atoms with van der Waals surface area (Å²) in [5, 5.41) is -0.617. The van der Waals surface area contributed by atoms with Crippen molar-refractivity contribution in [1.29, 1.82) is 0 Å². The molecule has 2 N–H and O–H groups in total. The standard InChI is InChI=1S/C11H7Cl2FN2O3S/c12-8-3-6(4-9(13)11(8)14)16-20(18,19)7-1-2-10(17)15-5-7/h1-5,16H,(H,15,17). The maximum Gasteiger partial charge on any atom is 0.263 e. The van der Waals surface area contributed by atoms with Crippen LogP contribution >= 0.6 is 23.2 Å². The van der Waals surface area contributed by atoms with E-state index in [1.54, 1.807) is 0 Å². The van der Waals surface area contributed by atoms with Gasteiger partial charge in [0.2, 0.25) is 5.56 Å². The number of aromatic amines is 1. The fraction of sp³-hybridized carbons (Fsp3) is 0. The Bertz CT molecular complexity index is 777. The molecule has 0 aliphatic heterocycles. The zero-order valence-electron chi connectivity index (χ0n) is 9.65. The van der Waals surface area contributed by atoms with Crippen LogP contribution in [0.4, 0.5) is 10.1 Å². The van der Waals surface area contributed by atoms with Gasteiger partial charge in [0.05, 0.1) is 15.7 Å². The molecule has 1 aromatic heterocycles. The molecule has 20 heavy (non-hydrogen) atoms. The minimum atomic E-state index is -3.94. The summed E-state index contributed by atoms with van der Waals surface area (Å²) in [5.41, 5.74) is -0.426. The van der Waals surface area contributed by atoms with Gasteiger partial charge in [-0.15, -0.1) is 0 Å². The molecule has 106 valence electrons. The van der Waals surface area contributed by atoms with Gasteiger partial charge in [-0.1, -0.05) is 23.2 Å². The molecule has 9 heteroatoms. The van der Waals surface area contributed by atoms with E-state index in [1.807, 2.05) is 0 Å². The van der Waals surface area contributed by atoms with E-state index in [4.69, 9.17) is 23.2 Å². The summed E-state index contributed by atoms with van der Waals surface area (Å²) >= 11 is 11.1. The van der Waals surface area contributed by atoms with E-state index in [0.29, 0.717) is 0 Å². The first-order chi connectivity index (χ1) is 9.29. The van der Waals surface area contributed by atoms with E-state index in [2.05, 4.69) is 9.71 Å². The van der Waals surface area contributed by atoms with Crippen molar-refractivity contribution < 1.29 is 12.8 Å². The Balaban J connectivity index is 2.38. The van der Waals surface area contributed by atoms with Crippen LogP contribution in [-0.4, -0.2) is 13.4 Å². The average molecular weight is 337 g/mol. The van der Waals surface area contributed by atoms with Crippen LogP contribution in [0.2, 0.25) is 10.0 Å². The van der Waals surface area contributed by atoms with Gasteiger partial charge in [0.25, 0.3) is 10.0 Å². The van der Waals surface area contributed by atoms with E-state index in [1.165, 1.54) is 0 Å². The predicted molar refractivity (Wildman–Crippen MR) is 74.3 cm³/mol. The Labute approximate surface area is 123 Å². The average Bonchev–Trinajstić information content (AvgIpc) is 2.36. The number of anilines is 1. The summed E-state index contributed by atoms with van der Waals surface area (Å²) in [7, 11) is -3.94. The Morgan fingerprint density at radius 2 is 1.75 bits per heavy atom. The van der Waals surface area contributed by atoms with E-state index in [9.17, 15) is 17.6 Å². The van der Waals surface area contributed by atoms with Crippen molar-refractivity contribution in [2.24, 2.45) is 0 Å². The van der Waals surface area contributed by atoms with E-state index >= 15 is 0 Å². The normalized spacial score (nSPS) is 11.3. The Kier molecular flexibility index (Phi) is 4.03. The highest BCUT2D eigenvalue weighted by atomic mass is 35.5. The SMILES string of the molecule is O=c1ccc(S(=O)(=O)Nc2cc(Cl)c(F)c(Cl)c2)c[nH]1. The number of sulfonamides is 1. The van der Waals surface area contributed by atoms with Crippen LogP contribution in [0.25, 0.3) is 0 Å². The summed E-state index contributed by atoms with van der Waals surface area (Å²) in [4.78, 5) is 13.0. The molecule has 2 rings (SSSR count). The maximum atomic E-state index is 13.2. The van der Waals surface area contributed by atoms with Crippen molar-refractivity contribution >= 4 is 38.9 Å². The Hall–Kier alpha value is -1.57. The molecule has 2 aromatic rings. The second-order valence-electron chi connectivity index (χ2n) is 3.75. The predicted octanol–water partition coefficient (Wildman–Crippen LogP) is 2.62. The van der Waals surface area contributed by atoms with Gasteiger partial charge in [-0.2, -0.15) is 0 Å². The molecule has 0 aliphatic carbocycles. The number of nitrogens with one attached hydrogen (secondary N) is 2. The second-order valence-corrected chi connectivity index (χ2v) is 6.24. The maximum absolute atomic E-state index is 13.2. The van der Waals surface area contributed by atoms with Gasteiger partial charge in [-0.25, -0.2) is 12.8 Å². The summed E-state index contributed by atoms with van der Waals surface area (Å²) in [5.74, 6) is -0.833. The van der Waals surface area contributed by atoms with Crippen LogP contribution in [0, 0.1) is 5.82 Å². The summed E-state index contributed by atoms with van der Waals surface area (Å²) in [6.45, 7) is 0. The monoisotopic (exact) mass is 336 g/mol. The number of aromatic nitrogens is 1. The van der Waals surface area contributed by atoms with Crippen LogP contribution in [-0.2, 0) is 10.0 Å². The van der Waals surface area contributed by atoms with Gasteiger partial charge >= 0.3 is 0 Å². The number of hydrogen-bond donors (Lipinski definition) is 2. The molecule has 0 saturated carbocycles. The molecule has 0 amide bonds. The molecular formula is C11H7Cl2FN2O3S. The number of rotatable bonds is 3. The lowest BCUT2D eigenvalue weighted by atomic mass is 10.3. The third-order valence-corrected chi connectivity index (χ3v) is 4.23. The summed E-state index contributed by atoms with van der Waals surface area (Å²) in [6, 6.07) is 4.38. The first-order valence-corrected chi connectivity index (χ1v) is 7.39. The fourth-order valence-electron chi connectivity index (χ4n) is 1.39. The topological polar surface area (TPSA) is 79.0 Å². The molecular weight excluding hydrogens is 330 g/mol. The highest BCUT2D eigenvalue weighted by Crippen LogP contribution is 2.28. The number of benzene rings is 1. The number of hydrogen-bond acceptors (Lipinski definition) is 3. The molecule has 0 saturated heterocycles. The van der Waals surface area contributed by atoms with Gasteiger partial charge in [0, 0.05) is 12.3 Å². The Morgan fingerprint density at radius 3 is 2.25 bits per heavy atom. The van der Waals surface area contributed by atoms with Crippen LogP contribution in [0.1, 0.15) is 0 Å². The molecule has 1 aromatic carbocycles. The molecule has 0 spiro atoms. The Morgan fingerprint density at radius 1 is 1.15 bits per heavy atom. The number of halogens is 3. The minimum Gasteiger partial charge on any atom is -0.328 e. The lowest BCUT2D eigenvalue weighted by Crippen LogP contribution is -2.15. The zero-order chi connectivity index (χ0) is 14.9. The molecule has 0 unspecified atom stereocenters. The van der Waals surface area contributed by atoms with E-state index < -0.39 is 21.4 Å². The lowest BCUT2D eigenvalue weighted by molar-refractivity contribution is 0.600. The first kappa shape index (κ1) is 14.8. The third kappa shape index (κ3) is 3.12. The van der Waals surface area contributed by atoms with Crippen molar-refractivity contribution in [1.82, 2.24) is 4.98 Å². The van der Waals surface area contributed by atoms with Crippen molar-refractivity contribution in [2.45, 2.75) is 4.90 Å². The van der Waals surface area contributed by atoms with E-state index in [0.717, 1.165) is 30.5 Å². The molecule has 0 bridgehead atoms. The first-order valence-electron chi connectivity index (χ1n) is 5.16. The van der Waals surface area contributed by atoms with Crippen LogP contribution in [0.3, 0.4) is 0 Å². The largest absolute Gasteiger partial charge is 0.328 e. The number of H-pyrrole nitrogens is 1. The summed E-state index contributed by atoms with van der Waals surface area (Å²) in [6.07, 6.45) is 1.04. The molecule has 0 fully saturated rings. The highest BCUT2D eigenvalue weighted by Gasteiger charge is 2.16. The minimum absolute atomic E-state index is 0.00704. The van der Waals surface area contributed by atoms with Crippen LogP contribution in [0.5, 0.6) is 0 Å². The van der Waals surface area contributed by atoms with Crippen molar-refractivity contribution in [3.05, 3.63) is 56.7 Å². The molecule has 5 nitrogen and oxygen atoms in total. The molecule has 1 heterocycles. The van der Waals surface area contributed by atoms with Crippen LogP contribution in [0.15, 0.2) is 40.2 Å². The smallest absolute Gasteiger partial charge is 0.263 e. The third-order valence-electron chi connectivity index (χ3n) is 2.30. The van der Waals surface area contributed by atoms with Crippen molar-refractivity contribution in [3.8, 4) is 0 Å². The molecule has 0 aliphatic rings.